The number of aromatic nitrogens is 1. The minimum atomic E-state index is -3.72. The average Bonchev–Trinajstić information content (AvgIpc) is 3.19. The van der Waals surface area contributed by atoms with Crippen molar-refractivity contribution in [2.24, 2.45) is 5.73 Å². The van der Waals surface area contributed by atoms with Crippen molar-refractivity contribution < 1.29 is 17.9 Å². The van der Waals surface area contributed by atoms with Crippen LogP contribution in [0.15, 0.2) is 35.5 Å². The Morgan fingerprint density at radius 2 is 2.07 bits per heavy atom. The standard InChI is InChI=1S/C18H21ClN4O4S/c19-14-9-21-8-12-2-1-3-16(17(12)14)28(25,26)23-5-4-13(10-23)22-6-7-27-15(11-22)18(20)24/h1-3,8-9,13,15H,4-7,10-11H2,(H2,20,24)/t13-,15?/m1/s1. The van der Waals surface area contributed by atoms with Gasteiger partial charge in [0.15, 0.2) is 0 Å². The first kappa shape index (κ1) is 19.5. The number of carbonyl (C=O) groups is 1. The van der Waals surface area contributed by atoms with E-state index in [4.69, 9.17) is 22.1 Å². The molecular formula is C18H21ClN4O4S. The fourth-order valence-corrected chi connectivity index (χ4v) is 5.96. The molecule has 0 aliphatic carbocycles. The summed E-state index contributed by atoms with van der Waals surface area (Å²) in [6, 6.07) is 5.08. The Labute approximate surface area is 168 Å². The molecule has 4 rings (SSSR count). The number of sulfonamides is 1. The minimum absolute atomic E-state index is 0.0210. The Balaban J connectivity index is 1.58. The second kappa shape index (κ2) is 7.57. The van der Waals surface area contributed by atoms with Crippen LogP contribution in [-0.2, 0) is 19.6 Å². The third-order valence-electron chi connectivity index (χ3n) is 5.37. The van der Waals surface area contributed by atoms with Gasteiger partial charge in [-0.1, -0.05) is 23.7 Å². The molecular weight excluding hydrogens is 404 g/mol. The predicted octanol–water partition coefficient (Wildman–Crippen LogP) is 0.837. The Bertz CT molecular complexity index is 1010. The molecule has 1 amide bonds. The first-order chi connectivity index (χ1) is 13.4. The number of primary amides is 1. The van der Waals surface area contributed by atoms with Crippen molar-refractivity contribution in [1.82, 2.24) is 14.2 Å². The number of pyridine rings is 1. The molecule has 2 aliphatic heterocycles. The molecule has 2 atom stereocenters. The number of hydrogen-bond acceptors (Lipinski definition) is 6. The van der Waals surface area contributed by atoms with Crippen LogP contribution in [0.3, 0.4) is 0 Å². The minimum Gasteiger partial charge on any atom is -0.367 e. The van der Waals surface area contributed by atoms with E-state index >= 15 is 0 Å². The lowest BCUT2D eigenvalue weighted by molar-refractivity contribution is -0.136. The van der Waals surface area contributed by atoms with Gasteiger partial charge in [0.1, 0.15) is 6.10 Å². The Hall–Kier alpha value is -1.78. The van der Waals surface area contributed by atoms with Crippen LogP contribution in [-0.4, -0.2) is 73.4 Å². The number of rotatable bonds is 4. The van der Waals surface area contributed by atoms with E-state index in [2.05, 4.69) is 9.88 Å². The molecule has 2 fully saturated rings. The van der Waals surface area contributed by atoms with Gasteiger partial charge in [-0.2, -0.15) is 4.31 Å². The van der Waals surface area contributed by atoms with E-state index in [0.717, 1.165) is 0 Å². The second-order valence-electron chi connectivity index (χ2n) is 7.04. The van der Waals surface area contributed by atoms with Gasteiger partial charge >= 0.3 is 0 Å². The molecule has 0 spiro atoms. The molecule has 2 saturated heterocycles. The molecule has 0 radical (unpaired) electrons. The van der Waals surface area contributed by atoms with Gasteiger partial charge in [0.2, 0.25) is 15.9 Å². The van der Waals surface area contributed by atoms with Crippen molar-refractivity contribution in [3.63, 3.8) is 0 Å². The molecule has 1 unspecified atom stereocenters. The maximum atomic E-state index is 13.3. The number of amides is 1. The van der Waals surface area contributed by atoms with E-state index in [1.165, 1.54) is 10.5 Å². The Morgan fingerprint density at radius 1 is 1.25 bits per heavy atom. The highest BCUT2D eigenvalue weighted by atomic mass is 35.5. The van der Waals surface area contributed by atoms with Crippen molar-refractivity contribution in [1.29, 1.82) is 0 Å². The summed E-state index contributed by atoms with van der Waals surface area (Å²) >= 11 is 6.26. The first-order valence-corrected chi connectivity index (χ1v) is 10.9. The van der Waals surface area contributed by atoms with Gasteiger partial charge in [-0.05, 0) is 12.5 Å². The van der Waals surface area contributed by atoms with Crippen LogP contribution >= 0.6 is 11.6 Å². The molecule has 2 N–H and O–H groups in total. The zero-order chi connectivity index (χ0) is 19.9. The number of nitrogens with two attached hydrogens (primary N) is 1. The fraction of sp³-hybridized carbons (Fsp3) is 0.444. The molecule has 1 aromatic carbocycles. The van der Waals surface area contributed by atoms with Gasteiger partial charge in [0, 0.05) is 55.4 Å². The highest BCUT2D eigenvalue weighted by Gasteiger charge is 2.38. The van der Waals surface area contributed by atoms with Gasteiger partial charge in [-0.15, -0.1) is 0 Å². The average molecular weight is 425 g/mol. The Morgan fingerprint density at radius 3 is 2.86 bits per heavy atom. The largest absolute Gasteiger partial charge is 0.367 e. The number of carbonyl (C=O) groups excluding carboxylic acids is 1. The van der Waals surface area contributed by atoms with Crippen LogP contribution < -0.4 is 5.73 Å². The normalized spacial score (nSPS) is 24.6. The summed E-state index contributed by atoms with van der Waals surface area (Å²) in [4.78, 5) is 17.7. The lowest BCUT2D eigenvalue weighted by Crippen LogP contribution is -2.52. The van der Waals surface area contributed by atoms with Crippen LogP contribution in [0.5, 0.6) is 0 Å². The van der Waals surface area contributed by atoms with Crippen LogP contribution in [0.25, 0.3) is 10.8 Å². The SMILES string of the molecule is NC(=O)C1CN([C@@H]2CCN(S(=O)(=O)c3cccc4cncc(Cl)c34)C2)CCO1. The monoisotopic (exact) mass is 424 g/mol. The highest BCUT2D eigenvalue weighted by Crippen LogP contribution is 2.32. The van der Waals surface area contributed by atoms with Crippen LogP contribution in [0.1, 0.15) is 6.42 Å². The van der Waals surface area contributed by atoms with Gasteiger partial charge in [0.25, 0.3) is 0 Å². The smallest absolute Gasteiger partial charge is 0.247 e. The van der Waals surface area contributed by atoms with Crippen molar-refractivity contribution in [3.05, 3.63) is 35.6 Å². The van der Waals surface area contributed by atoms with E-state index in [0.29, 0.717) is 55.0 Å². The lowest BCUT2D eigenvalue weighted by atomic mass is 10.1. The number of ether oxygens (including phenoxy) is 1. The predicted molar refractivity (Wildman–Crippen MR) is 104 cm³/mol. The summed E-state index contributed by atoms with van der Waals surface area (Å²) in [7, 11) is -3.72. The van der Waals surface area contributed by atoms with Crippen LogP contribution in [0.2, 0.25) is 5.02 Å². The van der Waals surface area contributed by atoms with Crippen molar-refractivity contribution in [2.75, 3.05) is 32.8 Å². The topological polar surface area (TPSA) is 106 Å². The van der Waals surface area contributed by atoms with Crippen molar-refractivity contribution in [2.45, 2.75) is 23.5 Å². The van der Waals surface area contributed by atoms with E-state index in [1.807, 2.05) is 0 Å². The van der Waals surface area contributed by atoms with Gasteiger partial charge in [0.05, 0.1) is 16.5 Å². The zero-order valence-corrected chi connectivity index (χ0v) is 16.7. The summed E-state index contributed by atoms with van der Waals surface area (Å²) in [5.74, 6) is -0.494. The number of morpholine rings is 1. The van der Waals surface area contributed by atoms with Gasteiger partial charge in [-0.25, -0.2) is 8.42 Å². The van der Waals surface area contributed by atoms with E-state index < -0.39 is 22.0 Å². The molecule has 8 nitrogen and oxygen atoms in total. The number of nitrogens with zero attached hydrogens (tertiary/aromatic N) is 3. The fourth-order valence-electron chi connectivity index (χ4n) is 3.91. The maximum absolute atomic E-state index is 13.3. The number of halogens is 1. The summed E-state index contributed by atoms with van der Waals surface area (Å²) in [5, 5.41) is 1.48. The lowest BCUT2D eigenvalue weighted by Gasteiger charge is -2.35. The molecule has 28 heavy (non-hydrogen) atoms. The molecule has 2 aliphatic rings. The van der Waals surface area contributed by atoms with E-state index in [-0.39, 0.29) is 10.9 Å². The molecule has 2 aromatic rings. The van der Waals surface area contributed by atoms with Gasteiger partial charge < -0.3 is 10.5 Å². The summed E-state index contributed by atoms with van der Waals surface area (Å²) in [6.07, 6.45) is 3.09. The molecule has 150 valence electrons. The Kier molecular flexibility index (Phi) is 5.28. The quantitative estimate of drug-likeness (QED) is 0.779. The second-order valence-corrected chi connectivity index (χ2v) is 9.35. The van der Waals surface area contributed by atoms with Crippen LogP contribution in [0, 0.1) is 0 Å². The van der Waals surface area contributed by atoms with Crippen LogP contribution in [0.4, 0.5) is 0 Å². The molecule has 0 bridgehead atoms. The number of hydrogen-bond donors (Lipinski definition) is 1. The van der Waals surface area contributed by atoms with E-state index in [9.17, 15) is 13.2 Å². The van der Waals surface area contributed by atoms with Gasteiger partial charge in [-0.3, -0.25) is 14.7 Å². The zero-order valence-electron chi connectivity index (χ0n) is 15.1. The molecule has 3 heterocycles. The summed E-state index contributed by atoms with van der Waals surface area (Å²) in [6.45, 7) is 2.20. The maximum Gasteiger partial charge on any atom is 0.247 e. The third kappa shape index (κ3) is 3.48. The highest BCUT2D eigenvalue weighted by molar-refractivity contribution is 7.89. The molecule has 1 aromatic heterocycles. The number of benzene rings is 1. The first-order valence-electron chi connectivity index (χ1n) is 9.05. The summed E-state index contributed by atoms with van der Waals surface area (Å²) in [5.41, 5.74) is 5.35. The summed E-state index contributed by atoms with van der Waals surface area (Å²) < 4.78 is 33.5. The van der Waals surface area contributed by atoms with Crippen molar-refractivity contribution in [3.8, 4) is 0 Å². The van der Waals surface area contributed by atoms with E-state index in [1.54, 1.807) is 24.4 Å². The third-order valence-corrected chi connectivity index (χ3v) is 7.57. The molecule has 0 saturated carbocycles. The number of fused-ring (bicyclic) bond motifs is 1. The van der Waals surface area contributed by atoms with Crippen molar-refractivity contribution >= 4 is 38.3 Å². The molecule has 10 heteroatoms.